The van der Waals surface area contributed by atoms with Gasteiger partial charge in [0.2, 0.25) is 34.8 Å². The van der Waals surface area contributed by atoms with Crippen molar-refractivity contribution in [2.45, 2.75) is 24.4 Å². The quantitative estimate of drug-likeness (QED) is 0.111. The van der Waals surface area contributed by atoms with Crippen LogP contribution in [-0.2, 0) is 19.1 Å². The van der Waals surface area contributed by atoms with Crippen LogP contribution in [0.1, 0.15) is 11.1 Å². The first-order valence-electron chi connectivity index (χ1n) is 10.2. The van der Waals surface area contributed by atoms with E-state index in [4.69, 9.17) is 0 Å². The van der Waals surface area contributed by atoms with Crippen LogP contribution in [-0.4, -0.2) is 36.4 Å². The molecule has 0 heterocycles. The Balaban J connectivity index is 2.32. The largest absolute Gasteiger partial charge is 0.461 e. The lowest BCUT2D eigenvalue weighted by Gasteiger charge is -2.29. The maximum atomic E-state index is 13.8. The Morgan fingerprint density at radius 1 is 0.477 bits per heavy atom. The Labute approximate surface area is 230 Å². The Morgan fingerprint density at radius 2 is 0.705 bits per heavy atom. The van der Waals surface area contributed by atoms with Crippen LogP contribution in [0.5, 0.6) is 11.5 Å². The molecule has 2 rings (SSSR count). The van der Waals surface area contributed by atoms with Gasteiger partial charge in [0, 0.05) is 0 Å². The number of ether oxygens (including phenoxy) is 4. The summed E-state index contributed by atoms with van der Waals surface area (Å²) in [5.41, 5.74) is -3.19. The molecular formula is C22H6F16O6. The van der Waals surface area contributed by atoms with E-state index in [-0.39, 0.29) is 12.2 Å². The molecule has 0 aliphatic carbocycles. The summed E-state index contributed by atoms with van der Waals surface area (Å²) in [6, 6.07) is 0. The molecule has 6 nitrogen and oxygen atoms in total. The fourth-order valence-corrected chi connectivity index (χ4v) is 2.62. The molecular weight excluding hydrogens is 664 g/mol. The minimum Gasteiger partial charge on any atom is -0.414 e. The maximum Gasteiger partial charge on any atom is 0.461 e. The smallest absolute Gasteiger partial charge is 0.414 e. The van der Waals surface area contributed by atoms with E-state index in [2.05, 4.69) is 32.1 Å². The zero-order valence-corrected chi connectivity index (χ0v) is 20.1. The zero-order valence-electron chi connectivity index (χ0n) is 20.1. The van der Waals surface area contributed by atoms with Crippen molar-refractivity contribution in [2.24, 2.45) is 0 Å². The fourth-order valence-electron chi connectivity index (χ4n) is 2.62. The normalized spacial score (nSPS) is 12.6. The summed E-state index contributed by atoms with van der Waals surface area (Å²) in [5.74, 6) is -34.0. The monoisotopic (exact) mass is 670 g/mol. The Hall–Kier alpha value is -4.34. The van der Waals surface area contributed by atoms with Gasteiger partial charge in [-0.1, -0.05) is 25.3 Å². The van der Waals surface area contributed by atoms with Gasteiger partial charge in [0.15, 0.2) is 23.3 Å². The van der Waals surface area contributed by atoms with Crippen molar-refractivity contribution in [3.05, 3.63) is 70.8 Å². The number of carbonyl (C=O) groups is 2. The van der Waals surface area contributed by atoms with Gasteiger partial charge in [-0.3, -0.25) is 0 Å². The summed E-state index contributed by atoms with van der Waals surface area (Å²) in [6.07, 6.45) is -27.3. The van der Waals surface area contributed by atoms with Crippen molar-refractivity contribution >= 4 is 24.1 Å². The molecule has 44 heavy (non-hydrogen) atoms. The van der Waals surface area contributed by atoms with Crippen LogP contribution in [0.3, 0.4) is 0 Å². The molecule has 0 aliphatic heterocycles. The topological polar surface area (TPSA) is 71.1 Å². The average molecular weight is 670 g/mol. The lowest BCUT2D eigenvalue weighted by molar-refractivity contribution is -0.501. The van der Waals surface area contributed by atoms with Gasteiger partial charge in [-0.2, -0.15) is 52.7 Å². The van der Waals surface area contributed by atoms with E-state index >= 15 is 0 Å². The second-order valence-electron chi connectivity index (χ2n) is 7.46. The van der Waals surface area contributed by atoms with Crippen LogP contribution in [0.15, 0.2) is 13.2 Å². The number of rotatable bonds is 11. The Kier molecular flexibility index (Phi) is 9.76. The minimum atomic E-state index is -7.21. The molecule has 0 bridgehead atoms. The summed E-state index contributed by atoms with van der Waals surface area (Å²) < 4.78 is 231. The fraction of sp³-hybridized carbons (Fsp3) is 0.182. The van der Waals surface area contributed by atoms with Gasteiger partial charge >= 0.3 is 36.4 Å². The molecule has 0 N–H and O–H groups in total. The minimum absolute atomic E-state index is 0.135. The van der Waals surface area contributed by atoms with Crippen LogP contribution in [0.25, 0.3) is 12.2 Å². The highest BCUT2D eigenvalue weighted by molar-refractivity contribution is 5.79. The lowest BCUT2D eigenvalue weighted by Crippen LogP contribution is -2.55. The van der Waals surface area contributed by atoms with Crippen molar-refractivity contribution < 1.29 is 98.8 Å². The van der Waals surface area contributed by atoms with E-state index in [0.717, 1.165) is 0 Å². The summed E-state index contributed by atoms with van der Waals surface area (Å²) in [5, 5.41) is 0. The molecule has 0 saturated heterocycles. The molecule has 0 fully saturated rings. The molecule has 0 saturated carbocycles. The van der Waals surface area contributed by atoms with Crippen molar-refractivity contribution in [3.63, 3.8) is 0 Å². The molecule has 242 valence electrons. The van der Waals surface area contributed by atoms with E-state index in [1.807, 2.05) is 0 Å². The number of carbonyl (C=O) groups excluding carboxylic acids is 2. The molecule has 0 radical (unpaired) electrons. The number of esters is 2. The van der Waals surface area contributed by atoms with Gasteiger partial charge in [0.1, 0.15) is 0 Å². The molecule has 0 aliphatic rings. The van der Waals surface area contributed by atoms with Crippen LogP contribution >= 0.6 is 0 Å². The number of halogens is 16. The SMILES string of the molecule is C=Cc1c(F)c(F)c(OC(=O)C(F)(F)OC(F)(F)C(F)(F)OC(F)(F)C(=O)Oc2c(F)c(F)c(C=C)c(F)c2F)c(F)c1F. The maximum absolute atomic E-state index is 13.8. The van der Waals surface area contributed by atoms with Crippen LogP contribution < -0.4 is 9.47 Å². The molecule has 0 amide bonds. The zero-order chi connectivity index (χ0) is 34.3. The molecule has 0 atom stereocenters. The molecule has 0 unspecified atom stereocenters. The van der Waals surface area contributed by atoms with Crippen molar-refractivity contribution in [1.82, 2.24) is 0 Å². The predicted octanol–water partition coefficient (Wildman–Crippen LogP) is 7.00. The summed E-state index contributed by atoms with van der Waals surface area (Å²) in [4.78, 5) is 22.8. The average Bonchev–Trinajstić information content (AvgIpc) is 2.90. The third-order valence-corrected chi connectivity index (χ3v) is 4.64. The Bertz CT molecular complexity index is 1370. The van der Waals surface area contributed by atoms with Gasteiger partial charge in [0.05, 0.1) is 11.1 Å². The predicted molar refractivity (Wildman–Crippen MR) is 106 cm³/mol. The third-order valence-electron chi connectivity index (χ3n) is 4.64. The summed E-state index contributed by atoms with van der Waals surface area (Å²) in [6.45, 7) is 5.46. The van der Waals surface area contributed by atoms with Gasteiger partial charge in [0.25, 0.3) is 0 Å². The van der Waals surface area contributed by atoms with Gasteiger partial charge in [-0.25, -0.2) is 36.6 Å². The highest BCUT2D eigenvalue weighted by Gasteiger charge is 2.70. The van der Waals surface area contributed by atoms with Crippen LogP contribution in [0.2, 0.25) is 0 Å². The van der Waals surface area contributed by atoms with Crippen LogP contribution in [0.4, 0.5) is 70.2 Å². The number of hydrogen-bond donors (Lipinski definition) is 0. The Morgan fingerprint density at radius 3 is 0.909 bits per heavy atom. The number of hydrogen-bond acceptors (Lipinski definition) is 6. The van der Waals surface area contributed by atoms with Crippen LogP contribution in [0, 0.1) is 46.5 Å². The number of alkyl halides is 8. The van der Waals surface area contributed by atoms with E-state index in [1.54, 1.807) is 0 Å². The summed E-state index contributed by atoms with van der Waals surface area (Å²) >= 11 is 0. The van der Waals surface area contributed by atoms with Crippen molar-refractivity contribution in [2.75, 3.05) is 0 Å². The summed E-state index contributed by atoms with van der Waals surface area (Å²) in [7, 11) is 0. The second-order valence-corrected chi connectivity index (χ2v) is 7.46. The lowest BCUT2D eigenvalue weighted by atomic mass is 10.1. The van der Waals surface area contributed by atoms with Gasteiger partial charge < -0.3 is 9.47 Å². The molecule has 22 heteroatoms. The number of benzene rings is 2. The van der Waals surface area contributed by atoms with E-state index < -0.39 is 106 Å². The van der Waals surface area contributed by atoms with Crippen molar-refractivity contribution in [1.29, 1.82) is 0 Å². The first-order chi connectivity index (χ1) is 19.9. The highest BCUT2D eigenvalue weighted by atomic mass is 19.3. The van der Waals surface area contributed by atoms with Gasteiger partial charge in [-0.15, -0.1) is 0 Å². The van der Waals surface area contributed by atoms with E-state index in [0.29, 0.717) is 0 Å². The molecule has 0 aromatic heterocycles. The first kappa shape index (κ1) is 35.9. The molecule has 0 spiro atoms. The first-order valence-corrected chi connectivity index (χ1v) is 10.2. The van der Waals surface area contributed by atoms with E-state index in [1.165, 1.54) is 0 Å². The van der Waals surface area contributed by atoms with E-state index in [9.17, 15) is 79.8 Å². The van der Waals surface area contributed by atoms with Crippen molar-refractivity contribution in [3.8, 4) is 11.5 Å². The molecule has 2 aromatic carbocycles. The third kappa shape index (κ3) is 6.44. The molecule has 2 aromatic rings. The standard InChI is InChI=1S/C22H6F16O6/c1-3-5-7(23)11(27)15(12(28)8(5)24)41-17(39)19(31,32)43-21(35,36)22(37,38)44-20(33,34)18(40)42-16-13(29)9(25)6(4-2)10(26)14(16)30/h3-4H,1-2H2. The second kappa shape index (κ2) is 12.0. The highest BCUT2D eigenvalue weighted by Crippen LogP contribution is 2.44. The van der Waals surface area contributed by atoms with Gasteiger partial charge in [-0.05, 0) is 0 Å².